The van der Waals surface area contributed by atoms with Gasteiger partial charge in [0.05, 0.1) is 35.0 Å². The van der Waals surface area contributed by atoms with Crippen LogP contribution in [-0.2, 0) is 62.3 Å². The van der Waals surface area contributed by atoms with Gasteiger partial charge in [-0.3, -0.25) is 19.6 Å². The number of carboxylic acid groups (broad SMARTS) is 1. The molecule has 3 aliphatic heterocycles. The average Bonchev–Trinajstić information content (AvgIpc) is 4.00. The van der Waals surface area contributed by atoms with Gasteiger partial charge in [-0.2, -0.15) is 0 Å². The third-order valence-corrected chi connectivity index (χ3v) is 13.8. The summed E-state index contributed by atoms with van der Waals surface area (Å²) in [6, 6.07) is 14.6. The Morgan fingerprint density at radius 3 is 2.42 bits per heavy atom. The summed E-state index contributed by atoms with van der Waals surface area (Å²) in [6.45, 7) is 4.68. The van der Waals surface area contributed by atoms with Crippen molar-refractivity contribution in [2.75, 3.05) is 13.2 Å². The molecule has 0 radical (unpaired) electrons. The predicted octanol–water partition coefficient (Wildman–Crippen LogP) is 2.62. The molecule has 3 saturated heterocycles. The van der Waals surface area contributed by atoms with Gasteiger partial charge in [-0.15, -0.1) is 5.10 Å². The minimum absolute atomic E-state index is 0.00828. The highest BCUT2D eigenvalue weighted by molar-refractivity contribution is 5.89. The second kappa shape index (κ2) is 24.0. The Morgan fingerprint density at radius 2 is 1.65 bits per heavy atom. The standard InChI is InChI=1S/C49H64N6O17/c1-3-4-5-9-13-34(45(61)62)67-42-37(56)36-26-66-47-39(58)38(57)40(59)48(72-47)71-41-27(2)22-30(24-35(41)68-49(69-36)43(42)70-46(63)28-11-7-6-8-12-28)44(60)50-18-16-31-25-54(52-51-31)20-10-19-53-21-17-29-23-32(55(64)65)14-15-33(29)53/h6-8,11-12,14-15,17,21,23,25,27,30,34-43,47-49,56-59H,3-5,9-10,13,16,18-20,22,24,26H2,1-2H3,(H,50,60)(H,61,62)/t27?,30?,34-,35+,36?,37-,38?,39-,40?,41?,42?,43?,47?,48+,49+/m0/s1. The second-order valence-corrected chi connectivity index (χ2v) is 19.0. The maximum Gasteiger partial charge on any atom is 0.338 e. The Morgan fingerprint density at radius 1 is 0.875 bits per heavy atom. The van der Waals surface area contributed by atoms with E-state index in [2.05, 4.69) is 15.6 Å². The summed E-state index contributed by atoms with van der Waals surface area (Å²) in [6.07, 6.45) is -11.8. The molecule has 4 fully saturated rings. The van der Waals surface area contributed by atoms with Crippen molar-refractivity contribution in [3.8, 4) is 0 Å². The number of ether oxygens (including phenoxy) is 7. The van der Waals surface area contributed by atoms with Crippen LogP contribution in [-0.4, -0.2) is 161 Å². The van der Waals surface area contributed by atoms with E-state index in [-0.39, 0.29) is 43.0 Å². The van der Waals surface area contributed by atoms with Crippen molar-refractivity contribution < 1.29 is 78.0 Å². The number of benzene rings is 2. The number of aromatic nitrogens is 4. The van der Waals surface area contributed by atoms with Crippen molar-refractivity contribution >= 4 is 34.4 Å². The number of carbonyl (C=O) groups is 3. The zero-order valence-electron chi connectivity index (χ0n) is 40.1. The summed E-state index contributed by atoms with van der Waals surface area (Å²) >= 11 is 0. The number of nitro benzene ring substituents is 1. The van der Waals surface area contributed by atoms with Crippen molar-refractivity contribution in [3.05, 3.63) is 88.4 Å². The molecular weight excluding hydrogens is 945 g/mol. The Bertz CT molecular complexity index is 2460. The van der Waals surface area contributed by atoms with Gasteiger partial charge in [-0.25, -0.2) is 9.59 Å². The first kappa shape index (κ1) is 52.8. The normalized spacial score (nSPS) is 31.1. The number of esters is 1. The first-order valence-corrected chi connectivity index (χ1v) is 24.7. The molecule has 15 atom stereocenters. The quantitative estimate of drug-likeness (QED) is 0.0340. The molecule has 2 aromatic heterocycles. The van der Waals surface area contributed by atoms with Gasteiger partial charge in [-0.05, 0) is 55.9 Å². The zero-order chi connectivity index (χ0) is 51.1. The van der Waals surface area contributed by atoms with Crippen LogP contribution in [0.4, 0.5) is 5.69 Å². The number of fused-ring (bicyclic) bond motifs is 6. The highest BCUT2D eigenvalue weighted by Crippen LogP contribution is 2.40. The minimum Gasteiger partial charge on any atom is -0.479 e. The number of nitro groups is 1. The van der Waals surface area contributed by atoms with Crippen LogP contribution in [0.3, 0.4) is 0 Å². The predicted molar refractivity (Wildman–Crippen MR) is 250 cm³/mol. The molecule has 4 aromatic rings. The smallest absolute Gasteiger partial charge is 0.338 e. The number of aliphatic carboxylic acids is 1. The summed E-state index contributed by atoms with van der Waals surface area (Å²) in [7, 11) is 0. The molecule has 72 heavy (non-hydrogen) atoms. The van der Waals surface area contributed by atoms with Gasteiger partial charge in [-0.1, -0.05) is 62.9 Å². The summed E-state index contributed by atoms with van der Waals surface area (Å²) in [5, 5.41) is 78.7. The number of nitrogens with zero attached hydrogens (tertiary/aromatic N) is 5. The molecule has 23 nitrogen and oxygen atoms in total. The van der Waals surface area contributed by atoms with Gasteiger partial charge >= 0.3 is 11.9 Å². The van der Waals surface area contributed by atoms with Crippen LogP contribution >= 0.6 is 0 Å². The lowest BCUT2D eigenvalue weighted by Crippen LogP contribution is -2.66. The fourth-order valence-electron chi connectivity index (χ4n) is 9.91. The number of amides is 1. The highest BCUT2D eigenvalue weighted by Gasteiger charge is 2.55. The molecule has 9 unspecified atom stereocenters. The van der Waals surface area contributed by atoms with Crippen LogP contribution in [0.25, 0.3) is 10.9 Å². The van der Waals surface area contributed by atoms with Crippen LogP contribution in [0.5, 0.6) is 0 Å². The van der Waals surface area contributed by atoms with Crippen LogP contribution in [0, 0.1) is 22.0 Å². The van der Waals surface area contributed by atoms with E-state index in [1.807, 2.05) is 23.8 Å². The minimum atomic E-state index is -1.79. The lowest BCUT2D eigenvalue weighted by molar-refractivity contribution is -0.391. The van der Waals surface area contributed by atoms with Crippen LogP contribution in [0.2, 0.25) is 0 Å². The Labute approximate surface area is 414 Å². The van der Waals surface area contributed by atoms with E-state index in [4.69, 9.17) is 33.2 Å². The lowest BCUT2D eigenvalue weighted by atomic mass is 9.77. The molecular formula is C49H64N6O17. The Balaban J connectivity index is 0.983. The average molecular weight is 1010 g/mol. The Hall–Kier alpha value is -5.47. The number of aliphatic hydroxyl groups excluding tert-OH is 4. The molecule has 1 amide bonds. The van der Waals surface area contributed by atoms with Gasteiger partial charge < -0.3 is 68.6 Å². The van der Waals surface area contributed by atoms with E-state index in [0.717, 1.165) is 30.2 Å². The maximum atomic E-state index is 14.0. The summed E-state index contributed by atoms with van der Waals surface area (Å²) < 4.78 is 47.2. The number of aryl methyl sites for hydroxylation is 2. The lowest BCUT2D eigenvalue weighted by Gasteiger charge is -2.49. The first-order valence-electron chi connectivity index (χ1n) is 24.7. The highest BCUT2D eigenvalue weighted by atomic mass is 16.8. The van der Waals surface area contributed by atoms with Crippen LogP contribution in [0.1, 0.15) is 81.3 Å². The van der Waals surface area contributed by atoms with Crippen LogP contribution in [0.15, 0.2) is 67.0 Å². The van der Waals surface area contributed by atoms with E-state index in [1.165, 1.54) is 18.2 Å². The number of nitrogens with one attached hydrogen (secondary N) is 1. The molecule has 1 saturated carbocycles. The number of carbonyl (C=O) groups excluding carboxylic acids is 2. The zero-order valence-corrected chi connectivity index (χ0v) is 40.1. The van der Waals surface area contributed by atoms with E-state index in [9.17, 15) is 50.0 Å². The maximum absolute atomic E-state index is 14.0. The first-order chi connectivity index (χ1) is 34.7. The molecule has 1 aliphatic carbocycles. The monoisotopic (exact) mass is 1010 g/mol. The van der Waals surface area contributed by atoms with E-state index in [0.29, 0.717) is 38.0 Å². The molecule has 4 bridgehead atoms. The second-order valence-electron chi connectivity index (χ2n) is 19.0. The largest absolute Gasteiger partial charge is 0.479 e. The number of non-ortho nitro benzene ring substituents is 1. The van der Waals surface area contributed by atoms with E-state index >= 15 is 0 Å². The number of carboxylic acids is 1. The fourth-order valence-corrected chi connectivity index (χ4v) is 9.91. The van der Waals surface area contributed by atoms with Gasteiger partial charge in [0, 0.05) is 67.4 Å². The summed E-state index contributed by atoms with van der Waals surface area (Å²) in [5.74, 6) is -3.67. The number of hydrogen-bond acceptors (Lipinski definition) is 18. The van der Waals surface area contributed by atoms with Crippen molar-refractivity contribution in [3.63, 3.8) is 0 Å². The molecule has 4 aliphatic rings. The van der Waals surface area contributed by atoms with Gasteiger partial charge in [0.2, 0.25) is 5.91 Å². The SMILES string of the molecule is CCCCCC[C@H](OC1C(OC(=O)c2ccccc2)[C@H]2OC(COC3O[C@@H](OC4C(C)CC(C(=O)NCCc5cn(CCCn6ccc7cc([N+](=O)[O-])ccc76)nn5)C[C@H]4O2)C(O)C(O)[C@@H]3O)[C@@H]1O)C(=O)O. The van der Waals surface area contributed by atoms with Crippen molar-refractivity contribution in [2.45, 2.75) is 165 Å². The van der Waals surface area contributed by atoms with Crippen molar-refractivity contribution in [2.24, 2.45) is 11.8 Å². The molecule has 5 heterocycles. The molecule has 0 spiro atoms. The number of unbranched alkanes of at least 4 members (excludes halogenated alkanes) is 3. The number of rotatable bonds is 19. The summed E-state index contributed by atoms with van der Waals surface area (Å²) in [5.41, 5.74) is 1.70. The van der Waals surface area contributed by atoms with Gasteiger partial charge in [0.15, 0.2) is 31.1 Å². The van der Waals surface area contributed by atoms with E-state index < -0.39 is 115 Å². The third-order valence-electron chi connectivity index (χ3n) is 13.8. The molecule has 392 valence electrons. The number of hydrogen-bond donors (Lipinski definition) is 6. The molecule has 2 aromatic carbocycles. The van der Waals surface area contributed by atoms with E-state index in [1.54, 1.807) is 48.1 Å². The molecule has 6 N–H and O–H groups in total. The van der Waals surface area contributed by atoms with Gasteiger partial charge in [0.1, 0.15) is 36.6 Å². The third kappa shape index (κ3) is 12.5. The van der Waals surface area contributed by atoms with Gasteiger partial charge in [0.25, 0.3) is 5.69 Å². The summed E-state index contributed by atoms with van der Waals surface area (Å²) in [4.78, 5) is 51.3. The van der Waals surface area contributed by atoms with Crippen molar-refractivity contribution in [1.29, 1.82) is 0 Å². The Kier molecular flexibility index (Phi) is 17.6. The molecule has 23 heteroatoms. The fraction of sp³-hybridized carbons (Fsp3) is 0.612. The van der Waals surface area contributed by atoms with Crippen molar-refractivity contribution in [1.82, 2.24) is 24.9 Å². The number of aliphatic hydroxyl groups is 4. The van der Waals surface area contributed by atoms with Crippen LogP contribution < -0.4 is 5.32 Å². The topological polar surface area (TPSA) is 308 Å². The molecule has 8 rings (SSSR count).